The van der Waals surface area contributed by atoms with E-state index in [0.717, 1.165) is 34.7 Å². The lowest BCUT2D eigenvalue weighted by molar-refractivity contribution is 0.968. The smallest absolute Gasteiger partial charge is 0.138 e. The van der Waals surface area contributed by atoms with E-state index in [9.17, 15) is 0 Å². The van der Waals surface area contributed by atoms with Crippen LogP contribution in [0.2, 0.25) is 0 Å². The molecule has 0 aliphatic heterocycles. The Morgan fingerprint density at radius 2 is 2.35 bits per heavy atom. The summed E-state index contributed by atoms with van der Waals surface area (Å²) in [5.41, 5.74) is 1.12. The molecule has 2 N–H and O–H groups in total. The van der Waals surface area contributed by atoms with Crippen LogP contribution < -0.4 is 5.32 Å². The molecule has 3 aromatic rings. The maximum Gasteiger partial charge on any atom is 0.138 e. The van der Waals surface area contributed by atoms with Gasteiger partial charge in [-0.2, -0.15) is 0 Å². The molecule has 0 amide bonds. The number of nitrogens with zero attached hydrogens (tertiary/aromatic N) is 3. The van der Waals surface area contributed by atoms with Crippen LogP contribution in [0.5, 0.6) is 0 Å². The number of nitrogens with one attached hydrogen (secondary N) is 2. The standard InChI is InChI=1S/C11H11N5S/c1(8-5-12-6-14-8)3-13-10-9-2-4-17-11(9)16-7-15-10/h2,4-7H,1,3H2,(H,12,14)(H,13,15,16). The summed E-state index contributed by atoms with van der Waals surface area (Å²) in [6, 6.07) is 2.04. The van der Waals surface area contributed by atoms with Gasteiger partial charge in [-0.05, 0) is 11.4 Å². The van der Waals surface area contributed by atoms with E-state index in [0.29, 0.717) is 0 Å². The fraction of sp³-hybridized carbons (Fsp3) is 0.182. The molecule has 0 radical (unpaired) electrons. The molecule has 17 heavy (non-hydrogen) atoms. The van der Waals surface area contributed by atoms with Crippen LogP contribution in [0.15, 0.2) is 30.3 Å². The molecule has 0 unspecified atom stereocenters. The minimum absolute atomic E-state index is 0.824. The lowest BCUT2D eigenvalue weighted by Crippen LogP contribution is -2.06. The molecule has 0 atom stereocenters. The zero-order chi connectivity index (χ0) is 11.5. The fourth-order valence-electron chi connectivity index (χ4n) is 1.67. The number of aromatic nitrogens is 4. The van der Waals surface area contributed by atoms with Crippen molar-refractivity contribution in [3.63, 3.8) is 0 Å². The number of H-pyrrole nitrogens is 1. The highest BCUT2D eigenvalue weighted by molar-refractivity contribution is 7.16. The van der Waals surface area contributed by atoms with Gasteiger partial charge in [-0.1, -0.05) is 0 Å². The Labute approximate surface area is 102 Å². The van der Waals surface area contributed by atoms with Crippen molar-refractivity contribution in [3.05, 3.63) is 36.0 Å². The second-order valence-electron chi connectivity index (χ2n) is 3.62. The van der Waals surface area contributed by atoms with Crippen molar-refractivity contribution in [1.82, 2.24) is 19.9 Å². The summed E-state index contributed by atoms with van der Waals surface area (Å²) in [5.74, 6) is 0.899. The first-order valence-corrected chi connectivity index (χ1v) is 6.21. The van der Waals surface area contributed by atoms with Gasteiger partial charge in [0.15, 0.2) is 0 Å². The lowest BCUT2D eigenvalue weighted by atomic mass is 10.3. The van der Waals surface area contributed by atoms with E-state index in [1.165, 1.54) is 0 Å². The van der Waals surface area contributed by atoms with Crippen LogP contribution in [-0.2, 0) is 6.42 Å². The molecule has 6 heteroatoms. The predicted molar refractivity (Wildman–Crippen MR) is 68.2 cm³/mol. The van der Waals surface area contributed by atoms with E-state index in [1.807, 2.05) is 17.6 Å². The molecule has 3 rings (SSSR count). The molecule has 0 aromatic carbocycles. The molecule has 0 aliphatic rings. The molecule has 0 aliphatic carbocycles. The van der Waals surface area contributed by atoms with E-state index in [4.69, 9.17) is 0 Å². The van der Waals surface area contributed by atoms with Gasteiger partial charge in [0.1, 0.15) is 17.0 Å². The largest absolute Gasteiger partial charge is 0.369 e. The quantitative estimate of drug-likeness (QED) is 0.738. The summed E-state index contributed by atoms with van der Waals surface area (Å²) >= 11 is 1.63. The molecule has 3 aromatic heterocycles. The molecule has 5 nitrogen and oxygen atoms in total. The molecule has 86 valence electrons. The Morgan fingerprint density at radius 3 is 3.24 bits per heavy atom. The molecule has 0 fully saturated rings. The van der Waals surface area contributed by atoms with Gasteiger partial charge in [0.05, 0.1) is 11.7 Å². The maximum absolute atomic E-state index is 4.26. The van der Waals surface area contributed by atoms with Gasteiger partial charge in [0.25, 0.3) is 0 Å². The van der Waals surface area contributed by atoms with Crippen molar-refractivity contribution in [3.8, 4) is 0 Å². The van der Waals surface area contributed by atoms with Crippen molar-refractivity contribution in [2.24, 2.45) is 0 Å². The van der Waals surface area contributed by atoms with E-state index < -0.39 is 0 Å². The minimum atomic E-state index is 0.824. The number of anilines is 1. The zero-order valence-corrected chi connectivity index (χ0v) is 9.87. The van der Waals surface area contributed by atoms with Crippen molar-refractivity contribution in [2.45, 2.75) is 6.42 Å². The van der Waals surface area contributed by atoms with Gasteiger partial charge in [-0.15, -0.1) is 11.3 Å². The first-order chi connectivity index (χ1) is 8.43. The second kappa shape index (κ2) is 4.50. The van der Waals surface area contributed by atoms with Crippen molar-refractivity contribution < 1.29 is 0 Å². The Balaban J connectivity index is 1.70. The number of aromatic amines is 1. The predicted octanol–water partition coefficient (Wildman–Crippen LogP) is 2.07. The van der Waals surface area contributed by atoms with Gasteiger partial charge in [-0.25, -0.2) is 15.0 Å². The van der Waals surface area contributed by atoms with E-state index in [1.54, 1.807) is 24.0 Å². The van der Waals surface area contributed by atoms with Crippen LogP contribution in [0.1, 0.15) is 5.69 Å². The summed E-state index contributed by atoms with van der Waals surface area (Å²) in [7, 11) is 0. The Morgan fingerprint density at radius 1 is 1.35 bits per heavy atom. The molecule has 0 spiro atoms. The Kier molecular flexibility index (Phi) is 2.71. The molecule has 0 saturated heterocycles. The van der Waals surface area contributed by atoms with Gasteiger partial charge in [0, 0.05) is 24.9 Å². The summed E-state index contributed by atoms with van der Waals surface area (Å²) < 4.78 is 0. The van der Waals surface area contributed by atoms with Gasteiger partial charge < -0.3 is 10.3 Å². The monoisotopic (exact) mass is 245 g/mol. The first kappa shape index (κ1) is 10.2. The number of thiophene rings is 1. The van der Waals surface area contributed by atoms with Crippen LogP contribution >= 0.6 is 11.3 Å². The van der Waals surface area contributed by atoms with E-state index >= 15 is 0 Å². The van der Waals surface area contributed by atoms with E-state index in [-0.39, 0.29) is 0 Å². The number of rotatable bonds is 4. The van der Waals surface area contributed by atoms with Crippen molar-refractivity contribution in [2.75, 3.05) is 11.9 Å². The van der Waals surface area contributed by atoms with Crippen LogP contribution in [-0.4, -0.2) is 26.5 Å². The fourth-order valence-corrected chi connectivity index (χ4v) is 2.40. The number of hydrogen-bond donors (Lipinski definition) is 2. The van der Waals surface area contributed by atoms with Crippen LogP contribution in [0, 0.1) is 0 Å². The summed E-state index contributed by atoms with van der Waals surface area (Å²) in [5, 5.41) is 6.43. The van der Waals surface area contributed by atoms with Crippen LogP contribution in [0.25, 0.3) is 10.2 Å². The number of fused-ring (bicyclic) bond motifs is 1. The number of hydrogen-bond acceptors (Lipinski definition) is 5. The van der Waals surface area contributed by atoms with Crippen molar-refractivity contribution >= 4 is 27.4 Å². The average Bonchev–Trinajstić information content (AvgIpc) is 2.99. The van der Waals surface area contributed by atoms with Gasteiger partial charge in [0.2, 0.25) is 0 Å². The Hall–Kier alpha value is -1.95. The summed E-state index contributed by atoms with van der Waals surface area (Å²) in [6.45, 7) is 0.824. The zero-order valence-electron chi connectivity index (χ0n) is 9.05. The highest BCUT2D eigenvalue weighted by atomic mass is 32.1. The lowest BCUT2D eigenvalue weighted by Gasteiger charge is -2.04. The third-order valence-corrected chi connectivity index (χ3v) is 3.32. The number of imidazole rings is 1. The highest BCUT2D eigenvalue weighted by Crippen LogP contribution is 2.23. The summed E-state index contributed by atoms with van der Waals surface area (Å²) in [4.78, 5) is 16.5. The topological polar surface area (TPSA) is 66.5 Å². The van der Waals surface area contributed by atoms with E-state index in [2.05, 4.69) is 25.3 Å². The second-order valence-corrected chi connectivity index (χ2v) is 4.51. The highest BCUT2D eigenvalue weighted by Gasteiger charge is 2.03. The van der Waals surface area contributed by atoms with Crippen molar-refractivity contribution in [1.29, 1.82) is 0 Å². The van der Waals surface area contributed by atoms with Crippen LogP contribution in [0.3, 0.4) is 0 Å². The summed E-state index contributed by atoms with van der Waals surface area (Å²) in [6.07, 6.45) is 6.02. The molecule has 3 heterocycles. The normalized spacial score (nSPS) is 10.8. The minimum Gasteiger partial charge on any atom is -0.369 e. The average molecular weight is 245 g/mol. The first-order valence-electron chi connectivity index (χ1n) is 5.33. The third kappa shape index (κ3) is 2.12. The maximum atomic E-state index is 4.26. The van der Waals surface area contributed by atoms with Gasteiger partial charge >= 0.3 is 0 Å². The molecular formula is C11H11N5S. The third-order valence-electron chi connectivity index (χ3n) is 2.50. The Bertz CT molecular complexity index is 601. The molecule has 0 saturated carbocycles. The molecule has 0 bridgehead atoms. The SMILES string of the molecule is c1nc(NCCc2cnc[nH]2)c2ccsc2n1. The molecular weight excluding hydrogens is 234 g/mol. The van der Waals surface area contributed by atoms with Gasteiger partial charge in [-0.3, -0.25) is 0 Å². The van der Waals surface area contributed by atoms with Crippen LogP contribution in [0.4, 0.5) is 5.82 Å².